The molecule has 0 radical (unpaired) electrons. The Hall–Kier alpha value is -2.92. The van der Waals surface area contributed by atoms with E-state index in [1.807, 2.05) is 24.5 Å². The van der Waals surface area contributed by atoms with Crippen LogP contribution in [0.4, 0.5) is 0 Å². The Morgan fingerprint density at radius 2 is 1.42 bits per heavy atom. The number of nitrogens with zero attached hydrogens (tertiary/aromatic N) is 2. The SMILES string of the molecule is CCCCCCCCc1cnc(-c2ccc(OC(=O)c3ccc(OCCCCCCC)c(Cl)c3)cc2)nc1. The Kier molecular flexibility index (Phi) is 13.1. The molecular formula is C32H41ClN2O3. The average Bonchev–Trinajstić information content (AvgIpc) is 2.94. The van der Waals surface area contributed by atoms with Crippen molar-refractivity contribution in [1.29, 1.82) is 0 Å². The van der Waals surface area contributed by atoms with Crippen LogP contribution in [0, 0.1) is 0 Å². The van der Waals surface area contributed by atoms with E-state index >= 15 is 0 Å². The number of rotatable bonds is 17. The first-order chi connectivity index (χ1) is 18.6. The van der Waals surface area contributed by atoms with Crippen LogP contribution in [0.5, 0.6) is 11.5 Å². The number of unbranched alkanes of at least 4 members (excludes halogenated alkanes) is 9. The largest absolute Gasteiger partial charge is 0.492 e. The highest BCUT2D eigenvalue weighted by atomic mass is 35.5. The van der Waals surface area contributed by atoms with E-state index in [2.05, 4.69) is 23.8 Å². The predicted molar refractivity (Wildman–Crippen MR) is 155 cm³/mol. The maximum absolute atomic E-state index is 12.6. The van der Waals surface area contributed by atoms with Gasteiger partial charge in [0.15, 0.2) is 5.82 Å². The summed E-state index contributed by atoms with van der Waals surface area (Å²) in [6, 6.07) is 12.2. The summed E-state index contributed by atoms with van der Waals surface area (Å²) >= 11 is 6.35. The maximum atomic E-state index is 12.6. The third-order valence-electron chi connectivity index (χ3n) is 6.52. The summed E-state index contributed by atoms with van der Waals surface area (Å²) in [6.07, 6.45) is 18.3. The van der Waals surface area contributed by atoms with Gasteiger partial charge in [-0.05, 0) is 67.3 Å². The van der Waals surface area contributed by atoms with Crippen molar-refractivity contribution in [2.24, 2.45) is 0 Å². The topological polar surface area (TPSA) is 61.3 Å². The van der Waals surface area contributed by atoms with Gasteiger partial charge in [0.25, 0.3) is 0 Å². The van der Waals surface area contributed by atoms with E-state index < -0.39 is 5.97 Å². The van der Waals surface area contributed by atoms with E-state index in [9.17, 15) is 4.79 Å². The third kappa shape index (κ3) is 10.1. The van der Waals surface area contributed by atoms with Crippen LogP contribution in [-0.2, 0) is 6.42 Å². The van der Waals surface area contributed by atoms with Crippen LogP contribution in [0.25, 0.3) is 11.4 Å². The van der Waals surface area contributed by atoms with Crippen molar-refractivity contribution in [3.8, 4) is 22.9 Å². The van der Waals surface area contributed by atoms with Crippen LogP contribution in [-0.4, -0.2) is 22.5 Å². The highest BCUT2D eigenvalue weighted by Crippen LogP contribution is 2.27. The Bertz CT molecular complexity index is 1100. The number of hydrogen-bond donors (Lipinski definition) is 0. The number of hydrogen-bond acceptors (Lipinski definition) is 5. The molecule has 0 aliphatic carbocycles. The Morgan fingerprint density at radius 3 is 2.08 bits per heavy atom. The molecule has 1 aromatic heterocycles. The van der Waals surface area contributed by atoms with Crippen LogP contribution < -0.4 is 9.47 Å². The van der Waals surface area contributed by atoms with Crippen LogP contribution in [0.1, 0.15) is 100 Å². The van der Waals surface area contributed by atoms with Crippen LogP contribution >= 0.6 is 11.6 Å². The van der Waals surface area contributed by atoms with E-state index in [-0.39, 0.29) is 0 Å². The summed E-state index contributed by atoms with van der Waals surface area (Å²) in [5, 5.41) is 0.403. The van der Waals surface area contributed by atoms with Gasteiger partial charge < -0.3 is 9.47 Å². The molecule has 0 fully saturated rings. The molecule has 204 valence electrons. The molecule has 6 heteroatoms. The number of carbonyl (C=O) groups is 1. The van der Waals surface area contributed by atoms with E-state index in [1.165, 1.54) is 57.8 Å². The van der Waals surface area contributed by atoms with Crippen molar-refractivity contribution in [2.75, 3.05) is 6.61 Å². The summed E-state index contributed by atoms with van der Waals surface area (Å²) in [4.78, 5) is 21.7. The molecule has 0 aliphatic rings. The van der Waals surface area contributed by atoms with Crippen molar-refractivity contribution < 1.29 is 14.3 Å². The fourth-order valence-corrected chi connectivity index (χ4v) is 4.45. The Balaban J connectivity index is 1.46. The lowest BCUT2D eigenvalue weighted by Crippen LogP contribution is -2.08. The number of benzene rings is 2. The minimum atomic E-state index is -0.471. The van der Waals surface area contributed by atoms with Crippen molar-refractivity contribution >= 4 is 17.6 Å². The fourth-order valence-electron chi connectivity index (χ4n) is 4.21. The molecule has 38 heavy (non-hydrogen) atoms. The lowest BCUT2D eigenvalue weighted by atomic mass is 10.1. The van der Waals surface area contributed by atoms with Gasteiger partial charge in [0, 0.05) is 18.0 Å². The van der Waals surface area contributed by atoms with Gasteiger partial charge in [0.05, 0.1) is 17.2 Å². The number of aryl methyl sites for hydroxylation is 1. The Morgan fingerprint density at radius 1 is 0.789 bits per heavy atom. The first-order valence-electron chi connectivity index (χ1n) is 14.2. The minimum Gasteiger partial charge on any atom is -0.492 e. The smallest absolute Gasteiger partial charge is 0.343 e. The lowest BCUT2D eigenvalue weighted by Gasteiger charge is -2.10. The van der Waals surface area contributed by atoms with Crippen molar-refractivity contribution in [2.45, 2.75) is 90.9 Å². The first-order valence-corrected chi connectivity index (χ1v) is 14.5. The molecule has 0 spiro atoms. The lowest BCUT2D eigenvalue weighted by molar-refractivity contribution is 0.0734. The van der Waals surface area contributed by atoms with Gasteiger partial charge in [0.2, 0.25) is 0 Å². The summed E-state index contributed by atoms with van der Waals surface area (Å²) in [5.41, 5.74) is 2.41. The van der Waals surface area contributed by atoms with Crippen LogP contribution in [0.3, 0.4) is 0 Å². The molecule has 0 saturated carbocycles. The third-order valence-corrected chi connectivity index (χ3v) is 6.82. The summed E-state index contributed by atoms with van der Waals surface area (Å²) in [7, 11) is 0. The second-order valence-electron chi connectivity index (χ2n) is 9.75. The highest BCUT2D eigenvalue weighted by molar-refractivity contribution is 6.32. The van der Waals surface area contributed by atoms with Gasteiger partial charge in [0.1, 0.15) is 11.5 Å². The molecule has 3 aromatic rings. The molecule has 1 heterocycles. The second-order valence-corrected chi connectivity index (χ2v) is 10.2. The van der Waals surface area contributed by atoms with E-state index in [0.717, 1.165) is 30.4 Å². The zero-order valence-electron chi connectivity index (χ0n) is 22.9. The zero-order valence-corrected chi connectivity index (χ0v) is 23.6. The molecule has 0 atom stereocenters. The zero-order chi connectivity index (χ0) is 27.0. The van der Waals surface area contributed by atoms with Crippen LogP contribution in [0.15, 0.2) is 54.9 Å². The average molecular weight is 537 g/mol. The molecular weight excluding hydrogens is 496 g/mol. The van der Waals surface area contributed by atoms with Gasteiger partial charge >= 0.3 is 5.97 Å². The minimum absolute atomic E-state index is 0.374. The molecule has 0 amide bonds. The van der Waals surface area contributed by atoms with Gasteiger partial charge in [-0.3, -0.25) is 0 Å². The van der Waals surface area contributed by atoms with E-state index in [1.54, 1.807) is 30.3 Å². The second kappa shape index (κ2) is 16.8. The first kappa shape index (κ1) is 29.6. The molecule has 0 bridgehead atoms. The molecule has 0 saturated heterocycles. The number of carbonyl (C=O) groups excluding carboxylic acids is 1. The van der Waals surface area contributed by atoms with Crippen molar-refractivity contribution in [3.63, 3.8) is 0 Å². The number of halogens is 1. The van der Waals surface area contributed by atoms with Crippen LogP contribution in [0.2, 0.25) is 5.02 Å². The monoisotopic (exact) mass is 536 g/mol. The normalized spacial score (nSPS) is 10.9. The van der Waals surface area contributed by atoms with Gasteiger partial charge in [-0.2, -0.15) is 0 Å². The maximum Gasteiger partial charge on any atom is 0.343 e. The molecule has 5 nitrogen and oxygen atoms in total. The summed E-state index contributed by atoms with van der Waals surface area (Å²) < 4.78 is 11.3. The molecule has 0 aliphatic heterocycles. The number of esters is 1. The van der Waals surface area contributed by atoms with E-state index in [0.29, 0.717) is 34.5 Å². The Labute approximate surface area is 233 Å². The van der Waals surface area contributed by atoms with Gasteiger partial charge in [-0.15, -0.1) is 0 Å². The molecule has 0 N–H and O–H groups in total. The summed E-state index contributed by atoms with van der Waals surface area (Å²) in [5.74, 6) is 1.21. The van der Waals surface area contributed by atoms with Crippen molar-refractivity contribution in [1.82, 2.24) is 9.97 Å². The van der Waals surface area contributed by atoms with Gasteiger partial charge in [-0.25, -0.2) is 14.8 Å². The number of ether oxygens (including phenoxy) is 2. The fraction of sp³-hybridized carbons (Fsp3) is 0.469. The molecule has 0 unspecified atom stereocenters. The predicted octanol–water partition coefficient (Wildman–Crippen LogP) is 9.27. The highest BCUT2D eigenvalue weighted by Gasteiger charge is 2.13. The van der Waals surface area contributed by atoms with Gasteiger partial charge in [-0.1, -0.05) is 83.2 Å². The quantitative estimate of drug-likeness (QED) is 0.0976. The molecule has 3 rings (SSSR count). The molecule has 2 aromatic carbocycles. The standard InChI is InChI=1S/C32H41ClN2O3/c1-3-5-7-9-10-12-14-25-23-34-31(35-24-25)26-15-18-28(19-16-26)38-32(36)27-17-20-30(29(33)22-27)37-21-13-11-8-6-4-2/h15-20,22-24H,3-14,21H2,1-2H3. The summed E-state index contributed by atoms with van der Waals surface area (Å²) in [6.45, 7) is 5.05. The van der Waals surface area contributed by atoms with Crippen molar-refractivity contribution in [3.05, 3.63) is 71.0 Å². The van der Waals surface area contributed by atoms with E-state index in [4.69, 9.17) is 21.1 Å². The number of aromatic nitrogens is 2.